The average Bonchev–Trinajstić information content (AvgIpc) is 3.82. The Balaban J connectivity index is 1.53. The van der Waals surface area contributed by atoms with E-state index in [0.29, 0.717) is 5.92 Å². The lowest BCUT2D eigenvalue weighted by Gasteiger charge is -2.20. The molecule has 2 nitrogen and oxygen atoms in total. The summed E-state index contributed by atoms with van der Waals surface area (Å²) in [6.45, 7) is 0. The van der Waals surface area contributed by atoms with Crippen molar-refractivity contribution in [3.8, 4) is 0 Å². The third-order valence-electron chi connectivity index (χ3n) is 9.00. The minimum Gasteiger partial charge on any atom is -0.456 e. The van der Waals surface area contributed by atoms with Gasteiger partial charge in [0, 0.05) is 37.9 Å². The molecule has 0 amide bonds. The Bertz CT molecular complexity index is 2490. The van der Waals surface area contributed by atoms with Gasteiger partial charge in [-0.3, -0.25) is 0 Å². The van der Waals surface area contributed by atoms with Crippen LogP contribution in [-0.4, -0.2) is 6.30 Å². The maximum atomic E-state index is 6.99. The lowest BCUT2D eigenvalue weighted by atomic mass is 9.90. The zero-order valence-corrected chi connectivity index (χ0v) is 21.9. The fraction of sp³-hybridized carbons (Fsp3) is 0.0833. The van der Waals surface area contributed by atoms with Crippen molar-refractivity contribution in [1.82, 2.24) is 0 Å². The third kappa shape index (κ3) is 2.47. The molecule has 1 saturated carbocycles. The van der Waals surface area contributed by atoms with Crippen molar-refractivity contribution in [3.05, 3.63) is 90.5 Å². The monoisotopic (exact) mass is 516 g/mol. The maximum Gasteiger partial charge on any atom is 0.148 e. The Hall–Kier alpha value is -4.39. The van der Waals surface area contributed by atoms with Crippen LogP contribution in [0, 0.1) is 0 Å². The third-order valence-corrected chi connectivity index (χ3v) is 9.75. The molecule has 0 radical (unpaired) electrons. The number of hydrogen-bond donors (Lipinski definition) is 0. The molecule has 39 heavy (non-hydrogen) atoms. The first-order valence-corrected chi connectivity index (χ1v) is 14.7. The van der Waals surface area contributed by atoms with E-state index in [0.717, 1.165) is 41.2 Å². The van der Waals surface area contributed by atoms with Crippen LogP contribution < -0.4 is 5.30 Å². The van der Waals surface area contributed by atoms with Gasteiger partial charge in [0.25, 0.3) is 0 Å². The highest BCUT2D eigenvalue weighted by Gasteiger charge is 2.33. The largest absolute Gasteiger partial charge is 0.456 e. The molecule has 0 aliphatic heterocycles. The highest BCUT2D eigenvalue weighted by Crippen LogP contribution is 2.52. The van der Waals surface area contributed by atoms with Crippen LogP contribution in [0.2, 0.25) is 0 Å². The minimum absolute atomic E-state index is 0.469. The van der Waals surface area contributed by atoms with Gasteiger partial charge in [-0.25, -0.2) is 0 Å². The van der Waals surface area contributed by atoms with Crippen LogP contribution in [0.3, 0.4) is 0 Å². The van der Waals surface area contributed by atoms with E-state index in [2.05, 4.69) is 91.2 Å². The fourth-order valence-corrected chi connectivity index (χ4v) is 7.94. The summed E-state index contributed by atoms with van der Waals surface area (Å²) < 4.78 is 13.9. The van der Waals surface area contributed by atoms with E-state index >= 15 is 0 Å². The first-order chi connectivity index (χ1) is 19.3. The molecular formula is C36H21O2P. The van der Waals surface area contributed by atoms with E-state index in [4.69, 9.17) is 8.83 Å². The van der Waals surface area contributed by atoms with E-state index in [1.165, 1.54) is 77.7 Å². The SMILES string of the molecule is C=Pc1c2oc3ccc4cccc5ccc(c2c(C2CC2)c2oc6ccc7cccc8ccc(c12)c6c78)c3c45. The second-order valence-corrected chi connectivity index (χ2v) is 11.8. The number of hydrogen-bond acceptors (Lipinski definition) is 2. The first-order valence-electron chi connectivity index (χ1n) is 13.6. The molecule has 1 fully saturated rings. The smallest absolute Gasteiger partial charge is 0.148 e. The molecule has 9 aromatic rings. The van der Waals surface area contributed by atoms with Gasteiger partial charge in [-0.2, -0.15) is 0 Å². The average molecular weight is 517 g/mol. The Morgan fingerprint density at radius 2 is 1.05 bits per heavy atom. The number of rotatable bonds is 2. The van der Waals surface area contributed by atoms with Gasteiger partial charge >= 0.3 is 0 Å². The molecule has 2 heterocycles. The highest BCUT2D eigenvalue weighted by molar-refractivity contribution is 7.47. The van der Waals surface area contributed by atoms with E-state index in [1.54, 1.807) is 0 Å². The summed E-state index contributed by atoms with van der Waals surface area (Å²) in [4.78, 5) is 0. The predicted molar refractivity (Wildman–Crippen MR) is 168 cm³/mol. The summed E-state index contributed by atoms with van der Waals surface area (Å²) >= 11 is 0. The van der Waals surface area contributed by atoms with Gasteiger partial charge in [0.1, 0.15) is 22.3 Å². The zero-order valence-electron chi connectivity index (χ0n) is 21.0. The fourth-order valence-electron chi connectivity index (χ4n) is 7.25. The Morgan fingerprint density at radius 3 is 1.59 bits per heavy atom. The van der Waals surface area contributed by atoms with Crippen molar-refractivity contribution in [3.63, 3.8) is 0 Å². The van der Waals surface area contributed by atoms with Crippen molar-refractivity contribution >= 4 is 107 Å². The topological polar surface area (TPSA) is 26.3 Å². The van der Waals surface area contributed by atoms with Crippen LogP contribution in [-0.2, 0) is 0 Å². The molecule has 0 N–H and O–H groups in total. The van der Waals surface area contributed by atoms with Gasteiger partial charge in [0.2, 0.25) is 0 Å². The molecule has 7 aromatic carbocycles. The summed E-state index contributed by atoms with van der Waals surface area (Å²) in [5.41, 5.74) is 5.15. The Labute approximate surface area is 224 Å². The maximum absolute atomic E-state index is 6.99. The predicted octanol–water partition coefficient (Wildman–Crippen LogP) is 10.4. The zero-order chi connectivity index (χ0) is 25.4. The molecule has 0 unspecified atom stereocenters. The van der Waals surface area contributed by atoms with Crippen LogP contribution in [0.5, 0.6) is 0 Å². The van der Waals surface area contributed by atoms with Gasteiger partial charge < -0.3 is 8.83 Å². The van der Waals surface area contributed by atoms with Gasteiger partial charge in [-0.1, -0.05) is 87.3 Å². The van der Waals surface area contributed by atoms with Crippen LogP contribution in [0.15, 0.2) is 93.8 Å². The Kier molecular flexibility index (Phi) is 3.67. The first kappa shape index (κ1) is 20.6. The molecule has 0 bridgehead atoms. The molecule has 3 heteroatoms. The highest BCUT2D eigenvalue weighted by atomic mass is 31.1. The van der Waals surface area contributed by atoms with E-state index in [1.807, 2.05) is 0 Å². The molecule has 10 rings (SSSR count). The summed E-state index contributed by atoms with van der Waals surface area (Å²) in [6.07, 6.45) is 6.76. The number of fused-ring (bicyclic) bond motifs is 4. The molecule has 1 aliphatic rings. The quantitative estimate of drug-likeness (QED) is 0.130. The molecule has 0 saturated heterocycles. The van der Waals surface area contributed by atoms with E-state index in [9.17, 15) is 0 Å². The molecule has 1 aliphatic carbocycles. The molecular weight excluding hydrogens is 495 g/mol. The molecule has 182 valence electrons. The van der Waals surface area contributed by atoms with Gasteiger partial charge in [0.05, 0.1) is 5.30 Å². The lowest BCUT2D eigenvalue weighted by molar-refractivity contribution is 0.652. The van der Waals surface area contributed by atoms with Gasteiger partial charge in [0.15, 0.2) is 0 Å². The van der Waals surface area contributed by atoms with E-state index < -0.39 is 0 Å². The van der Waals surface area contributed by atoms with Crippen LogP contribution in [0.4, 0.5) is 0 Å². The van der Waals surface area contributed by atoms with Crippen molar-refractivity contribution in [2.24, 2.45) is 0 Å². The van der Waals surface area contributed by atoms with E-state index in [-0.39, 0.29) is 0 Å². The minimum atomic E-state index is 0.469. The normalized spacial score (nSPS) is 14.7. The van der Waals surface area contributed by atoms with Gasteiger partial charge in [-0.05, 0) is 63.2 Å². The van der Waals surface area contributed by atoms with Crippen molar-refractivity contribution in [2.75, 3.05) is 0 Å². The summed E-state index contributed by atoms with van der Waals surface area (Å²) in [6, 6.07) is 30.8. The summed E-state index contributed by atoms with van der Waals surface area (Å²) in [7, 11) is 0.919. The number of benzene rings is 7. The summed E-state index contributed by atoms with van der Waals surface area (Å²) in [5.74, 6) is 0.469. The lowest BCUT2D eigenvalue weighted by Crippen LogP contribution is -2.04. The second-order valence-electron chi connectivity index (χ2n) is 11.1. The van der Waals surface area contributed by atoms with Crippen LogP contribution in [0.25, 0.3) is 87.0 Å². The second kappa shape index (κ2) is 6.97. The van der Waals surface area contributed by atoms with Crippen molar-refractivity contribution in [1.29, 1.82) is 0 Å². The Morgan fingerprint density at radius 1 is 0.538 bits per heavy atom. The van der Waals surface area contributed by atoms with Crippen molar-refractivity contribution < 1.29 is 8.83 Å². The van der Waals surface area contributed by atoms with Gasteiger partial charge in [-0.15, -0.1) is 0 Å². The van der Waals surface area contributed by atoms with Crippen LogP contribution >= 0.6 is 8.20 Å². The standard InChI is InChI=1S/C36H21O2P/c1-39-36-33-24-15-11-19-5-3-7-21-12-16-25(31(24)28(19)21)37-34(33)29(22-8-9-22)32-23-14-10-18-4-2-6-20-13-17-26(38-35(32)36)30(23)27(18)20/h2-7,10-17,22H,1,8-9H2. The molecule has 0 spiro atoms. The van der Waals surface area contributed by atoms with Crippen molar-refractivity contribution in [2.45, 2.75) is 18.8 Å². The molecule has 2 aromatic heterocycles. The summed E-state index contributed by atoms with van der Waals surface area (Å²) in [5, 5.41) is 15.9. The molecule has 0 atom stereocenters. The van der Waals surface area contributed by atoms with Crippen LogP contribution in [0.1, 0.15) is 24.3 Å².